The molecular formula is C16H14BF6N3O2. The summed E-state index contributed by atoms with van der Waals surface area (Å²) in [5.74, 6) is -1.01. The maximum absolute atomic E-state index is 12.9. The van der Waals surface area contributed by atoms with Gasteiger partial charge in [-0.2, -0.15) is 26.3 Å². The highest BCUT2D eigenvalue weighted by Crippen LogP contribution is 2.38. The fourth-order valence-corrected chi connectivity index (χ4v) is 2.11. The van der Waals surface area contributed by atoms with E-state index in [2.05, 4.69) is 10.1 Å². The first kappa shape index (κ1) is 21.5. The van der Waals surface area contributed by atoms with Crippen molar-refractivity contribution in [3.05, 3.63) is 41.1 Å². The van der Waals surface area contributed by atoms with E-state index in [1.807, 2.05) is 0 Å². The lowest BCUT2D eigenvalue weighted by Crippen LogP contribution is -2.14. The summed E-state index contributed by atoms with van der Waals surface area (Å²) in [7, 11) is 1.41. The number of hydrogen-bond donors (Lipinski definition) is 0. The van der Waals surface area contributed by atoms with Gasteiger partial charge in [-0.05, 0) is 32.0 Å². The van der Waals surface area contributed by atoms with Crippen molar-refractivity contribution in [2.75, 3.05) is 0 Å². The van der Waals surface area contributed by atoms with Crippen LogP contribution < -0.4 is 0 Å². The van der Waals surface area contributed by atoms with Gasteiger partial charge in [0.2, 0.25) is 0 Å². The molecule has 0 bridgehead atoms. The molecule has 0 spiro atoms. The fraction of sp³-hybridized carbons (Fsp3) is 0.312. The van der Waals surface area contributed by atoms with Gasteiger partial charge in [-0.3, -0.25) is 0 Å². The first-order chi connectivity index (χ1) is 12.8. The van der Waals surface area contributed by atoms with Crippen LogP contribution in [0.2, 0.25) is 0 Å². The van der Waals surface area contributed by atoms with Crippen LogP contribution in [0.4, 0.5) is 26.3 Å². The molecule has 0 amide bonds. The molecule has 0 N–H and O–H groups in total. The molecule has 150 valence electrons. The lowest BCUT2D eigenvalue weighted by Gasteiger charge is -2.13. The van der Waals surface area contributed by atoms with Gasteiger partial charge in [0.15, 0.2) is 13.7 Å². The topological polar surface area (TPSA) is 57.0 Å². The zero-order chi connectivity index (χ0) is 21.3. The van der Waals surface area contributed by atoms with E-state index in [-0.39, 0.29) is 23.5 Å². The van der Waals surface area contributed by atoms with Crippen molar-refractivity contribution in [1.29, 1.82) is 0 Å². The number of hydrogen-bond acceptors (Lipinski definition) is 4. The van der Waals surface area contributed by atoms with Gasteiger partial charge < -0.3 is 4.74 Å². The van der Waals surface area contributed by atoms with Crippen molar-refractivity contribution >= 4 is 20.0 Å². The second-order valence-corrected chi connectivity index (χ2v) is 6.11. The second-order valence-electron chi connectivity index (χ2n) is 6.11. The van der Waals surface area contributed by atoms with E-state index in [0.717, 1.165) is 11.0 Å². The Morgan fingerprint density at radius 1 is 1.11 bits per heavy atom. The number of aromatic nitrogens is 3. The SMILES string of the molecule is B/C(=C\n1cnc(-c2cc(C(F)(F)F)cc(C(F)(F)F)c2)n1)C(=O)OC(C)C. The van der Waals surface area contributed by atoms with Crippen LogP contribution in [0.5, 0.6) is 0 Å². The van der Waals surface area contributed by atoms with Crippen LogP contribution in [-0.4, -0.2) is 34.7 Å². The molecule has 28 heavy (non-hydrogen) atoms. The van der Waals surface area contributed by atoms with Gasteiger partial charge in [0.1, 0.15) is 6.33 Å². The summed E-state index contributed by atoms with van der Waals surface area (Å²) in [4.78, 5) is 15.5. The van der Waals surface area contributed by atoms with Crippen molar-refractivity contribution in [2.24, 2.45) is 0 Å². The van der Waals surface area contributed by atoms with Crippen molar-refractivity contribution in [2.45, 2.75) is 32.3 Å². The summed E-state index contributed by atoms with van der Waals surface area (Å²) in [6.07, 6.45) is -8.08. The summed E-state index contributed by atoms with van der Waals surface area (Å²) < 4.78 is 83.6. The molecular weight excluding hydrogens is 391 g/mol. The number of rotatable bonds is 4. The van der Waals surface area contributed by atoms with Crippen LogP contribution in [-0.2, 0) is 21.9 Å². The van der Waals surface area contributed by atoms with E-state index in [1.165, 1.54) is 14.0 Å². The summed E-state index contributed by atoms with van der Waals surface area (Å²) >= 11 is 0. The highest BCUT2D eigenvalue weighted by Gasteiger charge is 2.37. The molecule has 0 unspecified atom stereocenters. The number of carbonyl (C=O) groups excluding carboxylic acids is 1. The summed E-state index contributed by atoms with van der Waals surface area (Å²) in [5, 5.41) is 3.82. The predicted octanol–water partition coefficient (Wildman–Crippen LogP) is 3.37. The van der Waals surface area contributed by atoms with Crippen molar-refractivity contribution in [1.82, 2.24) is 14.8 Å². The maximum atomic E-state index is 12.9. The number of halogens is 6. The zero-order valence-electron chi connectivity index (χ0n) is 14.9. The lowest BCUT2D eigenvalue weighted by atomic mass is 9.97. The second kappa shape index (κ2) is 7.68. The molecule has 0 fully saturated rings. The minimum atomic E-state index is -4.98. The first-order valence-corrected chi connectivity index (χ1v) is 7.88. The van der Waals surface area contributed by atoms with E-state index in [1.54, 1.807) is 13.8 Å². The van der Waals surface area contributed by atoms with E-state index in [0.29, 0.717) is 12.1 Å². The van der Waals surface area contributed by atoms with Crippen molar-refractivity contribution in [3.63, 3.8) is 0 Å². The molecule has 2 aromatic rings. The molecule has 0 atom stereocenters. The normalized spacial score (nSPS) is 13.1. The molecule has 0 saturated carbocycles. The maximum Gasteiger partial charge on any atom is 0.416 e. The van der Waals surface area contributed by atoms with Crippen molar-refractivity contribution in [3.8, 4) is 11.4 Å². The summed E-state index contributed by atoms with van der Waals surface area (Å²) in [6, 6.07) is 1.07. The first-order valence-electron chi connectivity index (χ1n) is 7.88. The predicted molar refractivity (Wildman–Crippen MR) is 89.5 cm³/mol. The molecule has 5 nitrogen and oxygen atoms in total. The Hall–Kier alpha value is -2.79. The monoisotopic (exact) mass is 405 g/mol. The van der Waals surface area contributed by atoms with Gasteiger partial charge in [-0.1, -0.05) is 0 Å². The lowest BCUT2D eigenvalue weighted by molar-refractivity contribution is -0.143. The van der Waals surface area contributed by atoms with Crippen molar-refractivity contribution < 1.29 is 35.9 Å². The third-order valence-corrected chi connectivity index (χ3v) is 3.35. The van der Waals surface area contributed by atoms with E-state index >= 15 is 0 Å². The van der Waals surface area contributed by atoms with Crippen LogP contribution in [0, 0.1) is 0 Å². The highest BCUT2D eigenvalue weighted by molar-refractivity contribution is 6.37. The van der Waals surface area contributed by atoms with Gasteiger partial charge in [0, 0.05) is 17.2 Å². The molecule has 0 aliphatic carbocycles. The Labute approximate surface area is 156 Å². The van der Waals surface area contributed by atoms with E-state index in [4.69, 9.17) is 4.74 Å². The standard InChI is InChI=1S/C16H14BF6N3O2/c1-8(2)28-14(27)12(17)6-26-7-24-13(25-26)9-3-10(15(18,19)20)5-11(4-9)16(21,22)23/h3-8H,17H2,1-2H3/b12-6-. The third-order valence-electron chi connectivity index (χ3n) is 3.35. The molecule has 1 heterocycles. The largest absolute Gasteiger partial charge is 0.460 e. The molecule has 1 aromatic heterocycles. The zero-order valence-corrected chi connectivity index (χ0v) is 14.9. The third kappa shape index (κ3) is 5.36. The van der Waals surface area contributed by atoms with E-state index < -0.39 is 35.0 Å². The molecule has 0 radical (unpaired) electrons. The van der Waals surface area contributed by atoms with E-state index in [9.17, 15) is 31.1 Å². The summed E-state index contributed by atoms with van der Waals surface area (Å²) in [6.45, 7) is 3.29. The minimum Gasteiger partial charge on any atom is -0.460 e. The molecule has 0 saturated heterocycles. The fourth-order valence-electron chi connectivity index (χ4n) is 2.11. The number of carbonyl (C=O) groups is 1. The average Bonchev–Trinajstić information content (AvgIpc) is 3.00. The highest BCUT2D eigenvalue weighted by atomic mass is 19.4. The number of esters is 1. The molecule has 2 rings (SSSR count). The molecule has 1 aromatic carbocycles. The average molecular weight is 405 g/mol. The number of nitrogens with zero attached hydrogens (tertiary/aromatic N) is 3. The molecule has 0 aliphatic rings. The van der Waals surface area contributed by atoms with Crippen LogP contribution in [0.25, 0.3) is 17.6 Å². The molecule has 12 heteroatoms. The molecule has 0 aliphatic heterocycles. The smallest absolute Gasteiger partial charge is 0.416 e. The van der Waals surface area contributed by atoms with Gasteiger partial charge in [0.05, 0.1) is 17.2 Å². The van der Waals surface area contributed by atoms with Crippen LogP contribution in [0.1, 0.15) is 25.0 Å². The number of ether oxygens (including phenoxy) is 1. The van der Waals surface area contributed by atoms with Gasteiger partial charge in [-0.25, -0.2) is 14.5 Å². The number of benzene rings is 1. The Balaban J connectivity index is 2.43. The van der Waals surface area contributed by atoms with Crippen LogP contribution in [0.15, 0.2) is 30.0 Å². The Bertz CT molecular complexity index is 870. The van der Waals surface area contributed by atoms with Gasteiger partial charge in [-0.15, -0.1) is 5.10 Å². The number of alkyl halides is 6. The Kier molecular flexibility index (Phi) is 5.90. The van der Waals surface area contributed by atoms with Crippen LogP contribution >= 0.6 is 0 Å². The van der Waals surface area contributed by atoms with Gasteiger partial charge >= 0.3 is 18.3 Å². The quantitative estimate of drug-likeness (QED) is 0.339. The Morgan fingerprint density at radius 2 is 1.64 bits per heavy atom. The summed E-state index contributed by atoms with van der Waals surface area (Å²) in [5.41, 5.74) is -3.29. The Morgan fingerprint density at radius 3 is 2.11 bits per heavy atom. The van der Waals surface area contributed by atoms with Crippen LogP contribution in [0.3, 0.4) is 0 Å². The minimum absolute atomic E-state index is 0.0203. The van der Waals surface area contributed by atoms with Gasteiger partial charge in [0.25, 0.3) is 0 Å².